The molecule has 2 aromatic heterocycles. The number of pyridine rings is 2. The zero-order valence-electron chi connectivity index (χ0n) is 22.5. The van der Waals surface area contributed by atoms with Crippen molar-refractivity contribution in [2.24, 2.45) is 0 Å². The first-order valence-electron chi connectivity index (χ1n) is 12.9. The van der Waals surface area contributed by atoms with E-state index in [2.05, 4.69) is 34.0 Å². The van der Waals surface area contributed by atoms with Crippen LogP contribution in [0, 0.1) is 0 Å². The second kappa shape index (κ2) is 13.3. The predicted octanol–water partition coefficient (Wildman–Crippen LogP) is 3.98. The van der Waals surface area contributed by atoms with Crippen LogP contribution in [0.2, 0.25) is 0 Å². The summed E-state index contributed by atoms with van der Waals surface area (Å²) in [5.41, 5.74) is 2.22. The second-order valence-electron chi connectivity index (χ2n) is 9.59. The number of aromatic nitrogens is 2. The van der Waals surface area contributed by atoms with Crippen LogP contribution >= 0.6 is 11.6 Å². The highest BCUT2D eigenvalue weighted by Crippen LogP contribution is 2.24. The number of ether oxygens (including phenoxy) is 2. The maximum atomic E-state index is 12.3. The molecule has 2 aliphatic heterocycles. The quantitative estimate of drug-likeness (QED) is 0.428. The van der Waals surface area contributed by atoms with Crippen LogP contribution in [-0.2, 0) is 0 Å². The summed E-state index contributed by atoms with van der Waals surface area (Å²) in [5.74, 6) is 1.27. The Bertz CT molecular complexity index is 1260. The molecule has 0 bridgehead atoms. The van der Waals surface area contributed by atoms with Crippen molar-refractivity contribution >= 4 is 29.1 Å². The average molecular weight is 552 g/mol. The highest BCUT2D eigenvalue weighted by atomic mass is 35.5. The van der Waals surface area contributed by atoms with Crippen molar-refractivity contribution in [2.75, 3.05) is 51.6 Å². The largest absolute Gasteiger partial charge is 0.472 e. The van der Waals surface area contributed by atoms with Gasteiger partial charge in [0.25, 0.3) is 11.8 Å². The zero-order valence-corrected chi connectivity index (χ0v) is 23.3. The highest BCUT2D eigenvalue weighted by molar-refractivity contribution is 6.17. The standard InChI is InChI=1S/C18H21N3O2.C11H13ClN2O2/c1-20(14-7-4-3-5-8-14)12-10-15-13-21(2)18(22)16-9-6-11-19-17(16)23-15;1-14-7-8(4-5-12)16-10-9(11(14)15)3-2-6-13-10/h3-9,11,15H,10,12-13H2,1-2H3;2-3,6,8H,4-5,7H2,1H3. The number of carbonyl (C=O) groups is 2. The first-order chi connectivity index (χ1) is 18.9. The minimum absolute atomic E-state index is 0.0352. The lowest BCUT2D eigenvalue weighted by Crippen LogP contribution is -2.36. The van der Waals surface area contributed by atoms with E-state index >= 15 is 0 Å². The maximum absolute atomic E-state index is 12.3. The summed E-state index contributed by atoms with van der Waals surface area (Å²) in [6.45, 7) is 1.96. The highest BCUT2D eigenvalue weighted by Gasteiger charge is 2.28. The molecule has 2 amide bonds. The van der Waals surface area contributed by atoms with E-state index in [1.54, 1.807) is 53.5 Å². The molecule has 3 aromatic rings. The van der Waals surface area contributed by atoms with E-state index < -0.39 is 0 Å². The summed E-state index contributed by atoms with van der Waals surface area (Å²) < 4.78 is 11.7. The van der Waals surface area contributed by atoms with Crippen molar-refractivity contribution in [2.45, 2.75) is 25.0 Å². The molecule has 2 unspecified atom stereocenters. The fourth-order valence-corrected chi connectivity index (χ4v) is 4.69. The molecule has 0 aliphatic carbocycles. The fraction of sp³-hybridized carbons (Fsp3) is 0.379. The number of para-hydroxylation sites is 1. The van der Waals surface area contributed by atoms with Gasteiger partial charge in [0.1, 0.15) is 23.3 Å². The van der Waals surface area contributed by atoms with E-state index in [1.165, 1.54) is 5.69 Å². The van der Waals surface area contributed by atoms with Crippen molar-refractivity contribution in [3.8, 4) is 11.8 Å². The van der Waals surface area contributed by atoms with E-state index in [0.717, 1.165) is 13.0 Å². The van der Waals surface area contributed by atoms with Gasteiger partial charge in [-0.15, -0.1) is 11.6 Å². The number of anilines is 1. The van der Waals surface area contributed by atoms with Crippen molar-refractivity contribution in [3.63, 3.8) is 0 Å². The summed E-state index contributed by atoms with van der Waals surface area (Å²) in [4.78, 5) is 38.1. The number of hydrogen-bond donors (Lipinski definition) is 0. The van der Waals surface area contributed by atoms with Gasteiger partial charge in [-0.05, 0) is 42.8 Å². The third-order valence-corrected chi connectivity index (χ3v) is 6.84. The summed E-state index contributed by atoms with van der Waals surface area (Å²) in [7, 11) is 5.63. The number of amides is 2. The van der Waals surface area contributed by atoms with Gasteiger partial charge in [-0.3, -0.25) is 9.59 Å². The number of carbonyl (C=O) groups excluding carboxylic acids is 2. The smallest absolute Gasteiger partial charge is 0.259 e. The van der Waals surface area contributed by atoms with E-state index in [9.17, 15) is 9.59 Å². The Kier molecular flexibility index (Phi) is 9.59. The van der Waals surface area contributed by atoms with E-state index in [1.807, 2.05) is 25.2 Å². The first kappa shape index (κ1) is 28.2. The van der Waals surface area contributed by atoms with Gasteiger partial charge in [0, 0.05) is 58.1 Å². The lowest BCUT2D eigenvalue weighted by Gasteiger charge is -2.24. The molecule has 5 rings (SSSR count). The minimum atomic E-state index is -0.0809. The number of fused-ring (bicyclic) bond motifs is 2. The Balaban J connectivity index is 0.000000193. The lowest BCUT2D eigenvalue weighted by molar-refractivity contribution is 0.0751. The first-order valence-corrected chi connectivity index (χ1v) is 13.5. The monoisotopic (exact) mass is 551 g/mol. The number of likely N-dealkylation sites (N-methyl/N-ethyl adjacent to an activating group) is 2. The number of alkyl halides is 1. The molecule has 206 valence electrons. The van der Waals surface area contributed by atoms with Crippen LogP contribution in [0.1, 0.15) is 33.6 Å². The van der Waals surface area contributed by atoms with Gasteiger partial charge in [-0.1, -0.05) is 18.2 Å². The molecule has 0 radical (unpaired) electrons. The van der Waals surface area contributed by atoms with Crippen LogP contribution in [0.25, 0.3) is 0 Å². The van der Waals surface area contributed by atoms with Crippen LogP contribution in [0.15, 0.2) is 67.0 Å². The Morgan fingerprint density at radius 1 is 0.821 bits per heavy atom. The van der Waals surface area contributed by atoms with E-state index in [0.29, 0.717) is 48.3 Å². The van der Waals surface area contributed by atoms with Gasteiger partial charge in [0.15, 0.2) is 0 Å². The van der Waals surface area contributed by atoms with Gasteiger partial charge in [0.2, 0.25) is 11.8 Å². The van der Waals surface area contributed by atoms with E-state index in [4.69, 9.17) is 21.1 Å². The minimum Gasteiger partial charge on any atom is -0.472 e. The molecule has 2 aliphatic rings. The molecule has 0 spiro atoms. The molecule has 10 heteroatoms. The Morgan fingerprint density at radius 3 is 1.85 bits per heavy atom. The predicted molar refractivity (Wildman–Crippen MR) is 151 cm³/mol. The zero-order chi connectivity index (χ0) is 27.8. The van der Waals surface area contributed by atoms with Crippen molar-refractivity contribution < 1.29 is 19.1 Å². The fourth-order valence-electron chi connectivity index (χ4n) is 4.44. The molecule has 1 aromatic carbocycles. The lowest BCUT2D eigenvalue weighted by atomic mass is 10.2. The molecule has 0 N–H and O–H groups in total. The summed E-state index contributed by atoms with van der Waals surface area (Å²) in [5, 5.41) is 0. The molecule has 0 fully saturated rings. The van der Waals surface area contributed by atoms with Crippen LogP contribution in [0.3, 0.4) is 0 Å². The number of nitrogens with zero attached hydrogens (tertiary/aromatic N) is 5. The Morgan fingerprint density at radius 2 is 1.33 bits per heavy atom. The number of halogens is 1. The molecule has 0 saturated carbocycles. The topological polar surface area (TPSA) is 88.1 Å². The number of hydrogen-bond acceptors (Lipinski definition) is 7. The molecule has 4 heterocycles. The van der Waals surface area contributed by atoms with Crippen molar-refractivity contribution in [3.05, 3.63) is 78.1 Å². The van der Waals surface area contributed by atoms with Gasteiger partial charge >= 0.3 is 0 Å². The third-order valence-electron chi connectivity index (χ3n) is 6.62. The molecular formula is C29H34ClN5O4. The summed E-state index contributed by atoms with van der Waals surface area (Å²) in [6, 6.07) is 17.2. The second-order valence-corrected chi connectivity index (χ2v) is 9.96. The van der Waals surface area contributed by atoms with Crippen LogP contribution in [0.5, 0.6) is 11.8 Å². The van der Waals surface area contributed by atoms with Crippen molar-refractivity contribution in [1.29, 1.82) is 0 Å². The number of benzene rings is 1. The Labute approximate surface area is 234 Å². The SMILES string of the molecule is CN1CC(CCCl)Oc2ncccc2C1=O.CN1CC(CCN(C)c2ccccc2)Oc2ncccc2C1=O. The van der Waals surface area contributed by atoms with Gasteiger partial charge in [-0.25, -0.2) is 9.97 Å². The van der Waals surface area contributed by atoms with E-state index in [-0.39, 0.29) is 24.0 Å². The molecule has 2 atom stereocenters. The summed E-state index contributed by atoms with van der Waals surface area (Å²) >= 11 is 5.70. The van der Waals surface area contributed by atoms with Crippen LogP contribution in [-0.4, -0.2) is 90.4 Å². The molecule has 0 saturated heterocycles. The molecule has 9 nitrogen and oxygen atoms in total. The molecule has 39 heavy (non-hydrogen) atoms. The average Bonchev–Trinajstić information content (AvgIpc) is 3.15. The summed E-state index contributed by atoms with van der Waals surface area (Å²) in [6.07, 6.45) is 4.66. The number of rotatable bonds is 6. The van der Waals surface area contributed by atoms with Gasteiger partial charge in [0.05, 0.1) is 13.1 Å². The maximum Gasteiger partial charge on any atom is 0.259 e. The van der Waals surface area contributed by atoms with Crippen LogP contribution in [0.4, 0.5) is 5.69 Å². The normalized spacial score (nSPS) is 18.4. The van der Waals surface area contributed by atoms with Gasteiger partial charge < -0.3 is 24.2 Å². The Hall–Kier alpha value is -3.85. The molecular weight excluding hydrogens is 518 g/mol. The van der Waals surface area contributed by atoms with Crippen LogP contribution < -0.4 is 14.4 Å². The van der Waals surface area contributed by atoms with Gasteiger partial charge in [-0.2, -0.15) is 0 Å². The third kappa shape index (κ3) is 7.17. The van der Waals surface area contributed by atoms with Crippen molar-refractivity contribution in [1.82, 2.24) is 19.8 Å².